The van der Waals surface area contributed by atoms with Crippen molar-refractivity contribution in [3.63, 3.8) is 0 Å². The summed E-state index contributed by atoms with van der Waals surface area (Å²) in [4.78, 5) is 12.4. The molecule has 1 saturated heterocycles. The molecule has 2 rings (SSSR count). The van der Waals surface area contributed by atoms with E-state index >= 15 is 0 Å². The van der Waals surface area contributed by atoms with Crippen LogP contribution in [0.5, 0.6) is 0 Å². The van der Waals surface area contributed by atoms with E-state index in [9.17, 15) is 4.79 Å². The van der Waals surface area contributed by atoms with Crippen molar-refractivity contribution in [1.29, 1.82) is 0 Å². The van der Waals surface area contributed by atoms with Gasteiger partial charge in [-0.1, -0.05) is 18.2 Å². The zero-order valence-corrected chi connectivity index (χ0v) is 12.6. The van der Waals surface area contributed by atoms with Crippen LogP contribution in [-0.4, -0.2) is 31.1 Å². The number of benzene rings is 1. The van der Waals surface area contributed by atoms with Gasteiger partial charge in [-0.3, -0.25) is 4.79 Å². The van der Waals surface area contributed by atoms with Gasteiger partial charge in [-0.25, -0.2) is 0 Å². The van der Waals surface area contributed by atoms with Crippen LogP contribution < -0.4 is 16.0 Å². The first-order chi connectivity index (χ1) is 9.41. The van der Waals surface area contributed by atoms with Gasteiger partial charge in [0.1, 0.15) is 0 Å². The second-order valence-corrected chi connectivity index (χ2v) is 6.55. The number of amides is 1. The van der Waals surface area contributed by atoms with Crippen molar-refractivity contribution in [1.82, 2.24) is 10.6 Å². The molecule has 1 heterocycles. The van der Waals surface area contributed by atoms with Gasteiger partial charge in [-0.05, 0) is 45.9 Å². The number of rotatable bonds is 5. The summed E-state index contributed by atoms with van der Waals surface area (Å²) in [6, 6.07) is 9.60. The van der Waals surface area contributed by atoms with E-state index in [1.807, 2.05) is 44.2 Å². The van der Waals surface area contributed by atoms with Crippen LogP contribution in [0.1, 0.15) is 27.2 Å². The highest BCUT2D eigenvalue weighted by atomic mass is 16.2. The summed E-state index contributed by atoms with van der Waals surface area (Å²) >= 11 is 0. The number of nitrogens with one attached hydrogen (secondary N) is 3. The standard InChI is InChI=1S/C16H25N3O/c1-15(2,11-18-16(3)9-10-17-12-16)14(20)19-13-7-5-4-6-8-13/h4-8,17-18H,9-12H2,1-3H3,(H,19,20). The van der Waals surface area contributed by atoms with Gasteiger partial charge >= 0.3 is 0 Å². The molecule has 1 amide bonds. The van der Waals surface area contributed by atoms with E-state index in [0.717, 1.165) is 25.2 Å². The van der Waals surface area contributed by atoms with Crippen molar-refractivity contribution in [3.8, 4) is 0 Å². The maximum atomic E-state index is 12.4. The first-order valence-corrected chi connectivity index (χ1v) is 7.24. The van der Waals surface area contributed by atoms with Gasteiger partial charge in [0.2, 0.25) is 5.91 Å². The minimum Gasteiger partial charge on any atom is -0.326 e. The Bertz CT molecular complexity index is 450. The number of hydrogen-bond acceptors (Lipinski definition) is 3. The van der Waals surface area contributed by atoms with Crippen LogP contribution in [0.25, 0.3) is 0 Å². The third-order valence-electron chi connectivity index (χ3n) is 3.97. The van der Waals surface area contributed by atoms with Crippen LogP contribution >= 0.6 is 0 Å². The molecule has 0 spiro atoms. The predicted molar refractivity (Wildman–Crippen MR) is 82.7 cm³/mol. The van der Waals surface area contributed by atoms with Gasteiger partial charge in [0.05, 0.1) is 5.41 Å². The average molecular weight is 275 g/mol. The molecular weight excluding hydrogens is 250 g/mol. The van der Waals surface area contributed by atoms with Crippen molar-refractivity contribution in [2.24, 2.45) is 5.41 Å². The first kappa shape index (κ1) is 15.0. The molecule has 0 aromatic heterocycles. The number of hydrogen-bond donors (Lipinski definition) is 3. The van der Waals surface area contributed by atoms with Crippen LogP contribution in [0.2, 0.25) is 0 Å². The molecule has 1 aromatic rings. The number of para-hydroxylation sites is 1. The monoisotopic (exact) mass is 275 g/mol. The zero-order valence-electron chi connectivity index (χ0n) is 12.6. The Balaban J connectivity index is 1.90. The van der Waals surface area contributed by atoms with Gasteiger partial charge < -0.3 is 16.0 Å². The normalized spacial score (nSPS) is 22.8. The summed E-state index contributed by atoms with van der Waals surface area (Å²) < 4.78 is 0. The Kier molecular flexibility index (Phi) is 4.45. The summed E-state index contributed by atoms with van der Waals surface area (Å²) in [5, 5.41) is 9.87. The fourth-order valence-electron chi connectivity index (χ4n) is 2.30. The van der Waals surface area contributed by atoms with Crippen LogP contribution in [-0.2, 0) is 4.79 Å². The van der Waals surface area contributed by atoms with E-state index in [1.54, 1.807) is 0 Å². The molecule has 0 aliphatic carbocycles. The SMILES string of the molecule is CC1(NCC(C)(C)C(=O)Nc2ccccc2)CCNC1. The molecule has 0 saturated carbocycles. The highest BCUT2D eigenvalue weighted by molar-refractivity contribution is 5.94. The lowest BCUT2D eigenvalue weighted by Crippen LogP contribution is -2.50. The van der Waals surface area contributed by atoms with E-state index in [2.05, 4.69) is 22.9 Å². The predicted octanol–water partition coefficient (Wildman–Crippen LogP) is 1.99. The number of anilines is 1. The molecule has 4 heteroatoms. The molecule has 1 aliphatic heterocycles. The first-order valence-electron chi connectivity index (χ1n) is 7.24. The minimum atomic E-state index is -0.443. The summed E-state index contributed by atoms with van der Waals surface area (Å²) in [5.41, 5.74) is 0.505. The highest BCUT2D eigenvalue weighted by Gasteiger charge is 2.33. The van der Waals surface area contributed by atoms with Crippen molar-refractivity contribution in [2.45, 2.75) is 32.7 Å². The van der Waals surface area contributed by atoms with Crippen LogP contribution in [0.15, 0.2) is 30.3 Å². The summed E-state index contributed by atoms with van der Waals surface area (Å²) in [6.45, 7) is 8.83. The lowest BCUT2D eigenvalue weighted by molar-refractivity contribution is -0.123. The molecule has 0 bridgehead atoms. The van der Waals surface area contributed by atoms with E-state index in [1.165, 1.54) is 0 Å². The summed E-state index contributed by atoms with van der Waals surface area (Å²) in [6.07, 6.45) is 1.10. The minimum absolute atomic E-state index is 0.0470. The van der Waals surface area contributed by atoms with E-state index in [-0.39, 0.29) is 11.4 Å². The Labute approximate surface area is 121 Å². The Morgan fingerprint density at radius 3 is 2.65 bits per heavy atom. The Hall–Kier alpha value is -1.39. The molecule has 110 valence electrons. The van der Waals surface area contributed by atoms with Gasteiger partial charge in [-0.15, -0.1) is 0 Å². The molecule has 1 fully saturated rings. The van der Waals surface area contributed by atoms with Crippen molar-refractivity contribution >= 4 is 11.6 Å². The number of carbonyl (C=O) groups excluding carboxylic acids is 1. The maximum Gasteiger partial charge on any atom is 0.231 e. The Morgan fingerprint density at radius 2 is 2.05 bits per heavy atom. The second kappa shape index (κ2) is 5.94. The lowest BCUT2D eigenvalue weighted by Gasteiger charge is -2.31. The second-order valence-electron chi connectivity index (χ2n) is 6.55. The average Bonchev–Trinajstić information content (AvgIpc) is 2.85. The van der Waals surface area contributed by atoms with Gasteiger partial charge in [-0.2, -0.15) is 0 Å². The molecule has 0 radical (unpaired) electrons. The quantitative estimate of drug-likeness (QED) is 0.770. The molecule has 4 nitrogen and oxygen atoms in total. The molecular formula is C16H25N3O. The molecule has 20 heavy (non-hydrogen) atoms. The summed E-state index contributed by atoms with van der Waals surface area (Å²) in [7, 11) is 0. The largest absolute Gasteiger partial charge is 0.326 e. The van der Waals surface area contributed by atoms with Crippen molar-refractivity contribution in [2.75, 3.05) is 25.0 Å². The molecule has 1 atom stereocenters. The molecule has 1 aromatic carbocycles. The van der Waals surface area contributed by atoms with E-state index < -0.39 is 5.41 Å². The smallest absolute Gasteiger partial charge is 0.231 e. The third kappa shape index (κ3) is 3.81. The summed E-state index contributed by atoms with van der Waals surface area (Å²) in [5.74, 6) is 0.0470. The van der Waals surface area contributed by atoms with Crippen LogP contribution in [0, 0.1) is 5.41 Å². The van der Waals surface area contributed by atoms with Crippen LogP contribution in [0.4, 0.5) is 5.69 Å². The molecule has 3 N–H and O–H groups in total. The lowest BCUT2D eigenvalue weighted by atomic mass is 9.90. The van der Waals surface area contributed by atoms with E-state index in [4.69, 9.17) is 0 Å². The topological polar surface area (TPSA) is 53.2 Å². The highest BCUT2D eigenvalue weighted by Crippen LogP contribution is 2.21. The fraction of sp³-hybridized carbons (Fsp3) is 0.562. The fourth-order valence-corrected chi connectivity index (χ4v) is 2.30. The number of carbonyl (C=O) groups is 1. The van der Waals surface area contributed by atoms with Gasteiger partial charge in [0, 0.05) is 24.3 Å². The molecule has 1 unspecified atom stereocenters. The Morgan fingerprint density at radius 1 is 1.35 bits per heavy atom. The maximum absolute atomic E-state index is 12.4. The van der Waals surface area contributed by atoms with E-state index in [0.29, 0.717) is 6.54 Å². The van der Waals surface area contributed by atoms with Gasteiger partial charge in [0.25, 0.3) is 0 Å². The molecule has 1 aliphatic rings. The zero-order chi connectivity index (χ0) is 14.6. The third-order valence-corrected chi connectivity index (χ3v) is 3.97. The van der Waals surface area contributed by atoms with Crippen molar-refractivity contribution < 1.29 is 4.79 Å². The van der Waals surface area contributed by atoms with Crippen molar-refractivity contribution in [3.05, 3.63) is 30.3 Å². The van der Waals surface area contributed by atoms with Gasteiger partial charge in [0.15, 0.2) is 0 Å². The van der Waals surface area contributed by atoms with Crippen LogP contribution in [0.3, 0.4) is 0 Å².